The Bertz CT molecular complexity index is 858. The number of hydrogen-bond acceptors (Lipinski definition) is 6. The number of carbonyl (C=O) groups is 3. The van der Waals surface area contributed by atoms with Crippen LogP contribution < -0.4 is 4.74 Å². The highest BCUT2D eigenvalue weighted by Gasteiger charge is 2.44. The first-order valence-electron chi connectivity index (χ1n) is 7.54. The summed E-state index contributed by atoms with van der Waals surface area (Å²) in [4.78, 5) is 35.5. The molecular formula is C18H17BrO7. The Morgan fingerprint density at radius 3 is 2.04 bits per heavy atom. The lowest BCUT2D eigenvalue weighted by Crippen LogP contribution is -2.46. The van der Waals surface area contributed by atoms with Gasteiger partial charge in [0.05, 0.1) is 0 Å². The maximum atomic E-state index is 12.7. The van der Waals surface area contributed by atoms with Crippen LogP contribution in [-0.2, 0) is 9.59 Å². The van der Waals surface area contributed by atoms with Gasteiger partial charge in [0.2, 0.25) is 5.60 Å². The molecule has 1 aliphatic rings. The molecule has 0 fully saturated rings. The Morgan fingerprint density at radius 1 is 1.08 bits per heavy atom. The quantitative estimate of drug-likeness (QED) is 0.503. The molecule has 26 heavy (non-hydrogen) atoms. The summed E-state index contributed by atoms with van der Waals surface area (Å²) in [6.07, 6.45) is 2.26. The molecule has 138 valence electrons. The molecule has 0 unspecified atom stereocenters. The van der Waals surface area contributed by atoms with Crippen molar-refractivity contribution in [1.29, 1.82) is 0 Å². The Morgan fingerprint density at radius 2 is 1.58 bits per heavy atom. The lowest BCUT2D eigenvalue weighted by Gasteiger charge is -2.30. The van der Waals surface area contributed by atoms with Gasteiger partial charge in [-0.05, 0) is 78.1 Å². The van der Waals surface area contributed by atoms with E-state index in [1.54, 1.807) is 0 Å². The molecule has 0 spiro atoms. The number of carboxylic acids is 1. The van der Waals surface area contributed by atoms with Crippen molar-refractivity contribution in [3.8, 4) is 11.5 Å². The van der Waals surface area contributed by atoms with Crippen molar-refractivity contribution in [1.82, 2.24) is 0 Å². The molecule has 0 bridgehead atoms. The maximum absolute atomic E-state index is 12.7. The first kappa shape index (κ1) is 19.9. The summed E-state index contributed by atoms with van der Waals surface area (Å²) in [6.45, 7) is 5.84. The number of phenols is 1. The molecule has 0 atom stereocenters. The topological polar surface area (TPSA) is 121 Å². The maximum Gasteiger partial charge on any atom is 0.352 e. The van der Waals surface area contributed by atoms with Crippen LogP contribution in [0.2, 0.25) is 0 Å². The molecule has 0 saturated carbocycles. The van der Waals surface area contributed by atoms with Gasteiger partial charge in [-0.3, -0.25) is 4.79 Å². The number of rotatable bonds is 3. The van der Waals surface area contributed by atoms with Crippen LogP contribution in [0, 0.1) is 13.8 Å². The van der Waals surface area contributed by atoms with E-state index in [4.69, 9.17) is 4.74 Å². The molecule has 0 heterocycles. The zero-order chi connectivity index (χ0) is 20.0. The van der Waals surface area contributed by atoms with Crippen LogP contribution >= 0.6 is 15.9 Å². The molecule has 0 aliphatic heterocycles. The van der Waals surface area contributed by atoms with Crippen LogP contribution in [0.5, 0.6) is 11.5 Å². The predicted molar refractivity (Wildman–Crippen MR) is 95.3 cm³/mol. The Hall–Kier alpha value is -2.45. The van der Waals surface area contributed by atoms with Gasteiger partial charge < -0.3 is 20.1 Å². The third-order valence-corrected chi connectivity index (χ3v) is 5.22. The van der Waals surface area contributed by atoms with Gasteiger partial charge in [0.15, 0.2) is 11.5 Å². The van der Waals surface area contributed by atoms with Gasteiger partial charge in [-0.2, -0.15) is 0 Å². The average molecular weight is 425 g/mol. The molecule has 1 aromatic carbocycles. The second-order valence-corrected chi connectivity index (χ2v) is 6.87. The number of esters is 1. The van der Waals surface area contributed by atoms with E-state index >= 15 is 0 Å². The number of halogens is 1. The van der Waals surface area contributed by atoms with Crippen LogP contribution in [0.1, 0.15) is 35.3 Å². The zero-order valence-corrected chi connectivity index (χ0v) is 16.1. The van der Waals surface area contributed by atoms with Gasteiger partial charge in [0.25, 0.3) is 0 Å². The van der Waals surface area contributed by atoms with Crippen LogP contribution in [0.4, 0.5) is 0 Å². The molecule has 1 aliphatic carbocycles. The number of aliphatic hydroxyl groups is 1. The van der Waals surface area contributed by atoms with Gasteiger partial charge in [0, 0.05) is 0 Å². The summed E-state index contributed by atoms with van der Waals surface area (Å²) in [5, 5.41) is 30.1. The van der Waals surface area contributed by atoms with E-state index in [9.17, 15) is 29.7 Å². The number of carbonyl (C=O) groups excluding carboxylic acids is 2. The molecule has 3 N–H and O–H groups in total. The Kier molecular flexibility index (Phi) is 5.12. The largest absolute Gasteiger partial charge is 0.506 e. The van der Waals surface area contributed by atoms with Gasteiger partial charge in [-0.1, -0.05) is 0 Å². The summed E-state index contributed by atoms with van der Waals surface area (Å²) >= 11 is 3.04. The number of carboxylic acid groups (broad SMARTS) is 1. The summed E-state index contributed by atoms with van der Waals surface area (Å²) in [5.41, 5.74) is -1.73. The number of ketones is 1. The summed E-state index contributed by atoms with van der Waals surface area (Å²) < 4.78 is 5.19. The fourth-order valence-electron chi connectivity index (χ4n) is 2.78. The fraction of sp³-hybridized carbons (Fsp3) is 0.278. The van der Waals surface area contributed by atoms with Gasteiger partial charge in [-0.25, -0.2) is 9.59 Å². The second kappa shape index (κ2) is 6.69. The highest BCUT2D eigenvalue weighted by Crippen LogP contribution is 2.43. The normalized spacial score (nSPS) is 16.0. The van der Waals surface area contributed by atoms with Gasteiger partial charge in [0.1, 0.15) is 15.8 Å². The highest BCUT2D eigenvalue weighted by atomic mass is 79.9. The van der Waals surface area contributed by atoms with Crippen molar-refractivity contribution < 1.29 is 34.4 Å². The molecular weight excluding hydrogens is 408 g/mol. The molecule has 0 amide bonds. The third-order valence-electron chi connectivity index (χ3n) is 4.49. The molecule has 7 nitrogen and oxygen atoms in total. The lowest BCUT2D eigenvalue weighted by molar-refractivity contribution is -0.148. The summed E-state index contributed by atoms with van der Waals surface area (Å²) in [6, 6.07) is 0. The fourth-order valence-corrected chi connectivity index (χ4v) is 3.35. The van der Waals surface area contributed by atoms with Crippen molar-refractivity contribution in [2.24, 2.45) is 0 Å². The zero-order valence-electron chi connectivity index (χ0n) is 14.5. The van der Waals surface area contributed by atoms with Crippen molar-refractivity contribution in [2.45, 2.75) is 33.3 Å². The minimum Gasteiger partial charge on any atom is -0.506 e. The molecule has 2 rings (SSSR count). The van der Waals surface area contributed by atoms with E-state index in [0.29, 0.717) is 5.56 Å². The summed E-state index contributed by atoms with van der Waals surface area (Å²) in [5.74, 6) is -3.45. The minimum absolute atomic E-state index is 0.101. The van der Waals surface area contributed by atoms with Crippen LogP contribution in [0.3, 0.4) is 0 Å². The monoisotopic (exact) mass is 424 g/mol. The lowest BCUT2D eigenvalue weighted by atomic mass is 9.82. The van der Waals surface area contributed by atoms with Gasteiger partial charge >= 0.3 is 11.9 Å². The molecule has 0 aromatic heterocycles. The third kappa shape index (κ3) is 2.95. The van der Waals surface area contributed by atoms with E-state index in [1.807, 2.05) is 0 Å². The van der Waals surface area contributed by atoms with Crippen LogP contribution in [-0.4, -0.2) is 38.6 Å². The standard InChI is InChI=1S/C18H17BrO7/c1-7-5-11(20)6-8(2)18(7,25)17(24)26-15-10(4)9(3)12(16(22)23)14(21)13(15)19/h5-6,21,25H,1-4H3,(H,22,23). The minimum atomic E-state index is -2.13. The number of hydrogen-bond donors (Lipinski definition) is 3. The molecule has 0 radical (unpaired) electrons. The van der Waals surface area contributed by atoms with E-state index in [0.717, 1.165) is 12.2 Å². The van der Waals surface area contributed by atoms with Crippen LogP contribution in [0.15, 0.2) is 27.8 Å². The number of benzene rings is 1. The molecule has 1 aromatic rings. The second-order valence-electron chi connectivity index (χ2n) is 6.08. The SMILES string of the molecule is CC1=CC(=O)C=C(C)C1(O)C(=O)Oc1c(C)c(C)c(C(=O)O)c(O)c1Br. The van der Waals surface area contributed by atoms with E-state index < -0.39 is 23.3 Å². The smallest absolute Gasteiger partial charge is 0.352 e. The van der Waals surface area contributed by atoms with Crippen molar-refractivity contribution in [3.05, 3.63) is 44.5 Å². The van der Waals surface area contributed by atoms with E-state index in [-0.39, 0.29) is 38.3 Å². The van der Waals surface area contributed by atoms with E-state index in [2.05, 4.69) is 15.9 Å². The Labute approximate surface area is 157 Å². The Balaban J connectivity index is 2.55. The number of allylic oxidation sites excluding steroid dienone is 2. The van der Waals surface area contributed by atoms with Crippen molar-refractivity contribution in [3.63, 3.8) is 0 Å². The molecule has 0 saturated heterocycles. The van der Waals surface area contributed by atoms with E-state index in [1.165, 1.54) is 27.7 Å². The number of aromatic carboxylic acids is 1. The number of ether oxygens (including phenoxy) is 1. The molecule has 8 heteroatoms. The highest BCUT2D eigenvalue weighted by molar-refractivity contribution is 9.10. The number of aromatic hydroxyl groups is 1. The van der Waals surface area contributed by atoms with Gasteiger partial charge in [-0.15, -0.1) is 0 Å². The first-order chi connectivity index (χ1) is 11.9. The summed E-state index contributed by atoms with van der Waals surface area (Å²) in [7, 11) is 0. The average Bonchev–Trinajstić information content (AvgIpc) is 2.54. The van der Waals surface area contributed by atoms with Crippen LogP contribution in [0.25, 0.3) is 0 Å². The van der Waals surface area contributed by atoms with Crippen molar-refractivity contribution in [2.75, 3.05) is 0 Å². The first-order valence-corrected chi connectivity index (χ1v) is 8.33. The van der Waals surface area contributed by atoms with Crippen molar-refractivity contribution >= 4 is 33.7 Å². The predicted octanol–water partition coefficient (Wildman–Crippen LogP) is 2.58.